The fourth-order valence-electron chi connectivity index (χ4n) is 4.32. The van der Waals surface area contributed by atoms with Gasteiger partial charge in [-0.3, -0.25) is 34.2 Å². The van der Waals surface area contributed by atoms with Crippen LogP contribution in [-0.4, -0.2) is 70.3 Å². The summed E-state index contributed by atoms with van der Waals surface area (Å²) in [6, 6.07) is 4.26. The van der Waals surface area contributed by atoms with Crippen LogP contribution in [0.25, 0.3) is 0 Å². The summed E-state index contributed by atoms with van der Waals surface area (Å²) in [6.07, 6.45) is 2.94. The average molecular weight is 459 g/mol. The standard InChI is InChI=1S/C22H26N4O5S/c23-13-8-10-25(11-9-13)18(28)5-2-12-32-16-4-1-3-14-19(16)22(31)26(21(14)30)15-6-7-17(27)24-20(15)29/h1,3-4,13,15H,2,5-12,23H2,(H,24,27,29). The third kappa shape index (κ3) is 4.42. The van der Waals surface area contributed by atoms with E-state index in [4.69, 9.17) is 5.73 Å². The molecule has 3 N–H and O–H groups in total. The maximum atomic E-state index is 13.1. The average Bonchev–Trinajstić information content (AvgIpc) is 3.02. The van der Waals surface area contributed by atoms with Crippen molar-refractivity contribution in [3.8, 4) is 0 Å². The van der Waals surface area contributed by atoms with Gasteiger partial charge in [0.25, 0.3) is 11.8 Å². The molecule has 9 nitrogen and oxygen atoms in total. The second kappa shape index (κ2) is 9.41. The number of likely N-dealkylation sites (tertiary alicyclic amines) is 1. The van der Waals surface area contributed by atoms with Gasteiger partial charge in [0.05, 0.1) is 11.1 Å². The Hall–Kier alpha value is -2.72. The Labute approximate surface area is 190 Å². The molecule has 3 aliphatic heterocycles. The smallest absolute Gasteiger partial charge is 0.263 e. The van der Waals surface area contributed by atoms with Gasteiger partial charge in [-0.2, -0.15) is 0 Å². The van der Waals surface area contributed by atoms with Crippen molar-refractivity contribution < 1.29 is 24.0 Å². The van der Waals surface area contributed by atoms with E-state index in [1.165, 1.54) is 11.8 Å². The van der Waals surface area contributed by atoms with E-state index in [-0.39, 0.29) is 30.4 Å². The monoisotopic (exact) mass is 458 g/mol. The van der Waals surface area contributed by atoms with Crippen LogP contribution in [-0.2, 0) is 14.4 Å². The summed E-state index contributed by atoms with van der Waals surface area (Å²) in [6.45, 7) is 1.40. The first-order chi connectivity index (χ1) is 15.4. The van der Waals surface area contributed by atoms with Crippen molar-refractivity contribution in [2.45, 2.75) is 55.5 Å². The maximum Gasteiger partial charge on any atom is 0.263 e. The molecule has 10 heteroatoms. The molecule has 1 atom stereocenters. The van der Waals surface area contributed by atoms with E-state index in [1.54, 1.807) is 18.2 Å². The Kier molecular flexibility index (Phi) is 6.61. The molecule has 0 spiro atoms. The van der Waals surface area contributed by atoms with Crippen molar-refractivity contribution in [1.82, 2.24) is 15.1 Å². The Morgan fingerprint density at radius 1 is 1.09 bits per heavy atom. The number of hydrogen-bond acceptors (Lipinski definition) is 7. The number of carbonyl (C=O) groups is 5. The van der Waals surface area contributed by atoms with Gasteiger partial charge in [-0.15, -0.1) is 11.8 Å². The molecule has 4 rings (SSSR count). The first-order valence-electron chi connectivity index (χ1n) is 10.9. The van der Waals surface area contributed by atoms with Crippen molar-refractivity contribution in [1.29, 1.82) is 0 Å². The van der Waals surface area contributed by atoms with Gasteiger partial charge in [0, 0.05) is 36.9 Å². The Bertz CT molecular complexity index is 973. The Morgan fingerprint density at radius 2 is 1.84 bits per heavy atom. The Morgan fingerprint density at radius 3 is 2.56 bits per heavy atom. The van der Waals surface area contributed by atoms with Gasteiger partial charge in [0.1, 0.15) is 6.04 Å². The fraction of sp³-hybridized carbons (Fsp3) is 0.500. The highest BCUT2D eigenvalue weighted by atomic mass is 32.2. The summed E-state index contributed by atoms with van der Waals surface area (Å²) in [5, 5.41) is 2.20. The van der Waals surface area contributed by atoms with Crippen LogP contribution in [0.15, 0.2) is 23.1 Å². The summed E-state index contributed by atoms with van der Waals surface area (Å²) in [5.41, 5.74) is 6.45. The van der Waals surface area contributed by atoms with Crippen molar-refractivity contribution in [3.63, 3.8) is 0 Å². The topological polar surface area (TPSA) is 130 Å². The van der Waals surface area contributed by atoms with E-state index >= 15 is 0 Å². The Balaban J connectivity index is 1.37. The number of rotatable bonds is 6. The van der Waals surface area contributed by atoms with E-state index < -0.39 is 29.7 Å². The van der Waals surface area contributed by atoms with E-state index in [0.717, 1.165) is 17.7 Å². The molecule has 2 fully saturated rings. The van der Waals surface area contributed by atoms with Gasteiger partial charge < -0.3 is 10.6 Å². The quantitative estimate of drug-likeness (QED) is 0.368. The second-order valence-corrected chi connectivity index (χ2v) is 9.43. The van der Waals surface area contributed by atoms with Crippen LogP contribution in [0.4, 0.5) is 0 Å². The van der Waals surface area contributed by atoms with Crippen molar-refractivity contribution in [2.75, 3.05) is 18.8 Å². The molecule has 3 heterocycles. The number of amides is 5. The van der Waals surface area contributed by atoms with Crippen LogP contribution in [0.2, 0.25) is 0 Å². The molecular weight excluding hydrogens is 432 g/mol. The number of nitrogens with one attached hydrogen (secondary N) is 1. The molecule has 0 aromatic heterocycles. The minimum atomic E-state index is -0.978. The van der Waals surface area contributed by atoms with Crippen LogP contribution in [0.3, 0.4) is 0 Å². The number of benzene rings is 1. The molecule has 170 valence electrons. The van der Waals surface area contributed by atoms with Gasteiger partial charge in [0.15, 0.2) is 0 Å². The first kappa shape index (κ1) is 22.5. The summed E-state index contributed by atoms with van der Waals surface area (Å²) in [4.78, 5) is 65.5. The highest BCUT2D eigenvalue weighted by molar-refractivity contribution is 7.99. The van der Waals surface area contributed by atoms with E-state index in [2.05, 4.69) is 5.32 Å². The molecule has 1 aromatic carbocycles. The van der Waals surface area contributed by atoms with Crippen LogP contribution in [0.5, 0.6) is 0 Å². The second-order valence-electron chi connectivity index (χ2n) is 8.30. The van der Waals surface area contributed by atoms with Crippen molar-refractivity contribution >= 4 is 41.3 Å². The van der Waals surface area contributed by atoms with E-state index in [1.807, 2.05) is 4.90 Å². The van der Waals surface area contributed by atoms with E-state index in [0.29, 0.717) is 42.1 Å². The lowest BCUT2D eigenvalue weighted by molar-refractivity contribution is -0.136. The number of nitrogens with zero attached hydrogens (tertiary/aromatic N) is 2. The van der Waals surface area contributed by atoms with Gasteiger partial charge in [-0.1, -0.05) is 6.07 Å². The summed E-state index contributed by atoms with van der Waals surface area (Å²) >= 11 is 1.43. The first-order valence-corrected chi connectivity index (χ1v) is 11.9. The fourth-order valence-corrected chi connectivity index (χ4v) is 5.34. The summed E-state index contributed by atoms with van der Waals surface area (Å²) in [7, 11) is 0. The molecule has 2 saturated heterocycles. The number of piperidine rings is 2. The third-order valence-corrected chi connectivity index (χ3v) is 7.26. The lowest BCUT2D eigenvalue weighted by atomic mass is 10.0. The van der Waals surface area contributed by atoms with Gasteiger partial charge in [-0.25, -0.2) is 0 Å². The number of carbonyl (C=O) groups excluding carboxylic acids is 5. The molecule has 3 aliphatic rings. The molecule has 1 aromatic rings. The number of nitrogens with two attached hydrogens (primary N) is 1. The predicted molar refractivity (Wildman–Crippen MR) is 117 cm³/mol. The molecule has 32 heavy (non-hydrogen) atoms. The van der Waals surface area contributed by atoms with Gasteiger partial charge in [0.2, 0.25) is 17.7 Å². The van der Waals surface area contributed by atoms with Crippen molar-refractivity contribution in [3.05, 3.63) is 29.3 Å². The highest BCUT2D eigenvalue weighted by Gasteiger charge is 2.45. The van der Waals surface area contributed by atoms with Gasteiger partial charge >= 0.3 is 0 Å². The summed E-state index contributed by atoms with van der Waals surface area (Å²) < 4.78 is 0. The summed E-state index contributed by atoms with van der Waals surface area (Å²) in [5.74, 6) is -1.31. The van der Waals surface area contributed by atoms with Crippen LogP contribution < -0.4 is 11.1 Å². The lowest BCUT2D eigenvalue weighted by Crippen LogP contribution is -2.54. The normalized spacial score (nSPS) is 21.7. The molecule has 1 unspecified atom stereocenters. The SMILES string of the molecule is NC1CCN(C(=O)CCCSc2cccc3c2C(=O)N(C2CCC(=O)NC2=O)C3=O)CC1. The molecular formula is C22H26N4O5S. The third-order valence-electron chi connectivity index (χ3n) is 6.11. The van der Waals surface area contributed by atoms with Gasteiger partial charge in [-0.05, 0) is 43.6 Å². The highest BCUT2D eigenvalue weighted by Crippen LogP contribution is 2.34. The number of hydrogen-bond donors (Lipinski definition) is 2. The number of imide groups is 2. The zero-order valence-electron chi connectivity index (χ0n) is 17.7. The van der Waals surface area contributed by atoms with E-state index in [9.17, 15) is 24.0 Å². The molecule has 0 saturated carbocycles. The van der Waals surface area contributed by atoms with Crippen molar-refractivity contribution in [2.24, 2.45) is 5.73 Å². The number of thioether (sulfide) groups is 1. The zero-order chi connectivity index (χ0) is 22.8. The lowest BCUT2D eigenvalue weighted by Gasteiger charge is -2.30. The minimum absolute atomic E-state index is 0.0857. The minimum Gasteiger partial charge on any atom is -0.343 e. The molecule has 5 amide bonds. The maximum absolute atomic E-state index is 13.1. The largest absolute Gasteiger partial charge is 0.343 e. The zero-order valence-corrected chi connectivity index (χ0v) is 18.5. The van der Waals surface area contributed by atoms with Crippen LogP contribution in [0, 0.1) is 0 Å². The van der Waals surface area contributed by atoms with Crippen LogP contribution >= 0.6 is 11.8 Å². The molecule has 0 bridgehead atoms. The van der Waals surface area contributed by atoms with Crippen LogP contribution in [0.1, 0.15) is 59.2 Å². The molecule has 0 aliphatic carbocycles. The predicted octanol–water partition coefficient (Wildman–Crippen LogP) is 0.910. The number of fused-ring (bicyclic) bond motifs is 1. The molecule has 0 radical (unpaired) electrons.